The molecule has 0 saturated carbocycles. The van der Waals surface area contributed by atoms with E-state index in [9.17, 15) is 0 Å². The van der Waals surface area contributed by atoms with Gasteiger partial charge in [0.15, 0.2) is 0 Å². The molecule has 2 heteroatoms. The number of anilines is 3. The van der Waals surface area contributed by atoms with Crippen LogP contribution in [0.5, 0.6) is 0 Å². The summed E-state index contributed by atoms with van der Waals surface area (Å²) in [7, 11) is 0. The second-order valence-corrected chi connectivity index (χ2v) is 11.4. The normalized spacial score (nSPS) is 11.6. The van der Waals surface area contributed by atoms with Crippen LogP contribution >= 0.6 is 0 Å². The summed E-state index contributed by atoms with van der Waals surface area (Å²) >= 11 is 0. The van der Waals surface area contributed by atoms with Crippen LogP contribution in [0.3, 0.4) is 0 Å². The van der Waals surface area contributed by atoms with E-state index < -0.39 is 0 Å². The highest BCUT2D eigenvalue weighted by atomic mass is 16.3. The molecule has 0 aliphatic rings. The van der Waals surface area contributed by atoms with Crippen molar-refractivity contribution < 1.29 is 4.42 Å². The highest BCUT2D eigenvalue weighted by Gasteiger charge is 2.19. The van der Waals surface area contributed by atoms with Gasteiger partial charge in [0.05, 0.1) is 5.69 Å². The molecule has 0 saturated heterocycles. The lowest BCUT2D eigenvalue weighted by molar-refractivity contribution is 0.669. The summed E-state index contributed by atoms with van der Waals surface area (Å²) in [6.45, 7) is 0. The Bertz CT molecular complexity index is 2510. The quantitative estimate of drug-likeness (QED) is 0.199. The molecule has 9 aromatic rings. The van der Waals surface area contributed by atoms with E-state index in [1.54, 1.807) is 0 Å². The first-order valence-corrected chi connectivity index (χ1v) is 15.0. The molecule has 0 aliphatic carbocycles. The zero-order chi connectivity index (χ0) is 29.0. The number of hydrogen-bond donors (Lipinski definition) is 0. The predicted octanol–water partition coefficient (Wildman–Crippen LogP) is 12.2. The third-order valence-corrected chi connectivity index (χ3v) is 8.84. The van der Waals surface area contributed by atoms with Crippen molar-refractivity contribution in [1.82, 2.24) is 0 Å². The maximum atomic E-state index is 6.37. The maximum absolute atomic E-state index is 6.37. The van der Waals surface area contributed by atoms with Crippen LogP contribution in [0, 0.1) is 0 Å². The molecule has 0 spiro atoms. The van der Waals surface area contributed by atoms with E-state index in [-0.39, 0.29) is 0 Å². The maximum Gasteiger partial charge on any atom is 0.137 e. The van der Waals surface area contributed by atoms with Gasteiger partial charge in [-0.15, -0.1) is 0 Å². The second kappa shape index (κ2) is 9.86. The van der Waals surface area contributed by atoms with E-state index in [1.807, 2.05) is 12.1 Å². The minimum absolute atomic E-state index is 0.878. The number of hydrogen-bond acceptors (Lipinski definition) is 2. The zero-order valence-corrected chi connectivity index (χ0v) is 23.9. The molecule has 9 rings (SSSR count). The molecule has 0 atom stereocenters. The van der Waals surface area contributed by atoms with Gasteiger partial charge in [-0.2, -0.15) is 0 Å². The molecule has 0 N–H and O–H groups in total. The van der Waals surface area contributed by atoms with Crippen molar-refractivity contribution in [3.8, 4) is 11.1 Å². The first-order valence-electron chi connectivity index (χ1n) is 15.0. The Hall–Kier alpha value is -5.86. The summed E-state index contributed by atoms with van der Waals surface area (Å²) in [4.78, 5) is 2.37. The fraction of sp³-hybridized carbons (Fsp3) is 0. The van der Waals surface area contributed by atoms with Crippen molar-refractivity contribution >= 4 is 71.3 Å². The lowest BCUT2D eigenvalue weighted by atomic mass is 9.96. The van der Waals surface area contributed by atoms with Crippen LogP contribution in [0.2, 0.25) is 0 Å². The summed E-state index contributed by atoms with van der Waals surface area (Å²) in [5, 5.41) is 9.77. The van der Waals surface area contributed by atoms with Crippen molar-refractivity contribution in [1.29, 1.82) is 0 Å². The summed E-state index contributed by atoms with van der Waals surface area (Å²) in [6.07, 6.45) is 0. The standard InChI is InChI=1S/C42H27NO/c1-2-10-28(11-3-1)34-14-6-8-16-40(34)43(32-22-25-38-37-15-7-9-17-41(37)44-42(38)27-32)31-21-18-30-20-23-35-33-13-5-4-12-29(33)19-24-36(35)39(30)26-31/h1-27H. The van der Waals surface area contributed by atoms with Crippen LogP contribution < -0.4 is 4.90 Å². The van der Waals surface area contributed by atoms with Gasteiger partial charge in [0.25, 0.3) is 0 Å². The van der Waals surface area contributed by atoms with Gasteiger partial charge in [-0.05, 0) is 74.3 Å². The van der Waals surface area contributed by atoms with Crippen molar-refractivity contribution in [3.05, 3.63) is 164 Å². The van der Waals surface area contributed by atoms with E-state index in [1.165, 1.54) is 43.4 Å². The zero-order valence-electron chi connectivity index (χ0n) is 23.9. The summed E-state index contributed by atoms with van der Waals surface area (Å²) in [5.41, 5.74) is 7.38. The molecule has 0 fully saturated rings. The highest BCUT2D eigenvalue weighted by molar-refractivity contribution is 6.18. The third kappa shape index (κ3) is 3.89. The number of fused-ring (bicyclic) bond motifs is 8. The minimum Gasteiger partial charge on any atom is -0.456 e. The van der Waals surface area contributed by atoms with Crippen molar-refractivity contribution in [2.24, 2.45) is 0 Å². The van der Waals surface area contributed by atoms with E-state index in [0.29, 0.717) is 0 Å². The Balaban J connectivity index is 1.32. The Kier molecular flexibility index (Phi) is 5.54. The van der Waals surface area contributed by atoms with Crippen LogP contribution in [0.1, 0.15) is 0 Å². The number of nitrogens with zero attached hydrogens (tertiary/aromatic N) is 1. The Morgan fingerprint density at radius 1 is 0.364 bits per heavy atom. The molecular formula is C42H27NO. The lowest BCUT2D eigenvalue weighted by Gasteiger charge is -2.28. The van der Waals surface area contributed by atoms with Crippen molar-refractivity contribution in [3.63, 3.8) is 0 Å². The van der Waals surface area contributed by atoms with Gasteiger partial charge in [-0.1, -0.05) is 121 Å². The molecular weight excluding hydrogens is 534 g/mol. The fourth-order valence-corrected chi connectivity index (χ4v) is 6.76. The van der Waals surface area contributed by atoms with Gasteiger partial charge >= 0.3 is 0 Å². The van der Waals surface area contributed by atoms with Gasteiger partial charge in [0.2, 0.25) is 0 Å². The molecule has 0 radical (unpaired) electrons. The molecule has 8 aromatic carbocycles. The Morgan fingerprint density at radius 2 is 0.955 bits per heavy atom. The molecule has 0 amide bonds. The van der Waals surface area contributed by atoms with E-state index in [4.69, 9.17) is 4.42 Å². The van der Waals surface area contributed by atoms with Crippen LogP contribution in [-0.2, 0) is 0 Å². The SMILES string of the molecule is c1ccc(-c2ccccc2N(c2ccc3c(c2)oc2ccccc23)c2ccc3ccc4c5ccccc5ccc4c3c2)cc1. The first-order chi connectivity index (χ1) is 21.8. The average Bonchev–Trinajstić information content (AvgIpc) is 3.47. The Morgan fingerprint density at radius 3 is 1.84 bits per heavy atom. The third-order valence-electron chi connectivity index (χ3n) is 8.84. The fourth-order valence-electron chi connectivity index (χ4n) is 6.76. The summed E-state index contributed by atoms with van der Waals surface area (Å²) < 4.78 is 6.37. The number of para-hydroxylation sites is 2. The molecule has 44 heavy (non-hydrogen) atoms. The van der Waals surface area contributed by atoms with Gasteiger partial charge in [-0.25, -0.2) is 0 Å². The van der Waals surface area contributed by atoms with Crippen LogP contribution in [0.4, 0.5) is 17.1 Å². The largest absolute Gasteiger partial charge is 0.456 e. The number of furan rings is 1. The highest BCUT2D eigenvalue weighted by Crippen LogP contribution is 2.44. The van der Waals surface area contributed by atoms with Gasteiger partial charge in [0.1, 0.15) is 11.2 Å². The predicted molar refractivity (Wildman–Crippen MR) is 186 cm³/mol. The number of rotatable bonds is 4. The Labute approximate surface area is 255 Å². The molecule has 1 heterocycles. The average molecular weight is 562 g/mol. The molecule has 0 bridgehead atoms. The molecule has 0 unspecified atom stereocenters. The summed E-state index contributed by atoms with van der Waals surface area (Å²) in [5.74, 6) is 0. The second-order valence-electron chi connectivity index (χ2n) is 11.4. The van der Waals surface area contributed by atoms with Crippen LogP contribution in [0.25, 0.3) is 65.4 Å². The summed E-state index contributed by atoms with van der Waals surface area (Å²) in [6, 6.07) is 58.6. The van der Waals surface area contributed by atoms with E-state index in [0.717, 1.165) is 39.0 Å². The molecule has 1 aromatic heterocycles. The lowest BCUT2D eigenvalue weighted by Crippen LogP contribution is -2.11. The number of benzene rings is 8. The van der Waals surface area contributed by atoms with Gasteiger partial charge in [0, 0.05) is 33.8 Å². The molecule has 0 aliphatic heterocycles. The van der Waals surface area contributed by atoms with E-state index >= 15 is 0 Å². The van der Waals surface area contributed by atoms with Crippen LogP contribution in [0.15, 0.2) is 168 Å². The van der Waals surface area contributed by atoms with Crippen molar-refractivity contribution in [2.45, 2.75) is 0 Å². The monoisotopic (exact) mass is 561 g/mol. The molecule has 2 nitrogen and oxygen atoms in total. The van der Waals surface area contributed by atoms with Gasteiger partial charge < -0.3 is 9.32 Å². The van der Waals surface area contributed by atoms with Crippen molar-refractivity contribution in [2.75, 3.05) is 4.90 Å². The topological polar surface area (TPSA) is 16.4 Å². The van der Waals surface area contributed by atoms with Gasteiger partial charge in [-0.3, -0.25) is 0 Å². The van der Waals surface area contributed by atoms with E-state index in [2.05, 4.69) is 157 Å². The smallest absolute Gasteiger partial charge is 0.137 e. The molecule has 206 valence electrons. The van der Waals surface area contributed by atoms with Crippen LogP contribution in [-0.4, -0.2) is 0 Å². The first kappa shape index (κ1) is 24.7. The minimum atomic E-state index is 0.878.